The van der Waals surface area contributed by atoms with E-state index in [1.807, 2.05) is 31.5 Å². The maximum Gasteiger partial charge on any atom is 0.166 e. The number of ether oxygens (including phenoxy) is 2. The summed E-state index contributed by atoms with van der Waals surface area (Å²) in [5.74, 6) is -0.384. The number of hydrogen-bond acceptors (Lipinski definition) is 4. The predicted molar refractivity (Wildman–Crippen MR) is 60.9 cm³/mol. The Bertz CT molecular complexity index is 310. The molecule has 1 aliphatic rings. The topological polar surface area (TPSA) is 43.4 Å². The minimum atomic E-state index is -0.384. The van der Waals surface area contributed by atoms with Crippen molar-refractivity contribution in [2.75, 3.05) is 19.8 Å². The van der Waals surface area contributed by atoms with Crippen LogP contribution in [0.25, 0.3) is 0 Å². The highest BCUT2D eigenvalue weighted by Crippen LogP contribution is 2.21. The molecule has 0 spiro atoms. The molecule has 4 nitrogen and oxygen atoms in total. The van der Waals surface area contributed by atoms with Crippen LogP contribution in [0, 0.1) is 0 Å². The van der Waals surface area contributed by atoms with Gasteiger partial charge in [0.15, 0.2) is 5.79 Å². The predicted octanol–water partition coefficient (Wildman–Crippen LogP) is 1.32. The molecule has 88 valence electrons. The van der Waals surface area contributed by atoms with Crippen LogP contribution in [0.1, 0.15) is 18.9 Å². The molecular formula is C12H18N2O2. The van der Waals surface area contributed by atoms with Crippen molar-refractivity contribution in [2.24, 2.45) is 0 Å². The third-order valence-electron chi connectivity index (χ3n) is 2.73. The van der Waals surface area contributed by atoms with Gasteiger partial charge in [-0.05, 0) is 24.6 Å². The van der Waals surface area contributed by atoms with Crippen LogP contribution in [0.15, 0.2) is 24.5 Å². The van der Waals surface area contributed by atoms with Crippen LogP contribution in [0.2, 0.25) is 0 Å². The van der Waals surface area contributed by atoms with E-state index >= 15 is 0 Å². The van der Waals surface area contributed by atoms with Crippen LogP contribution in [0.5, 0.6) is 0 Å². The summed E-state index contributed by atoms with van der Waals surface area (Å²) >= 11 is 0. The molecule has 4 heteroatoms. The summed E-state index contributed by atoms with van der Waals surface area (Å²) in [7, 11) is 0. The van der Waals surface area contributed by atoms with Crippen molar-refractivity contribution in [2.45, 2.75) is 25.7 Å². The molecule has 16 heavy (non-hydrogen) atoms. The lowest BCUT2D eigenvalue weighted by molar-refractivity contribution is -0.145. The summed E-state index contributed by atoms with van der Waals surface area (Å²) in [5.41, 5.74) is 1.24. The summed E-state index contributed by atoms with van der Waals surface area (Å²) in [5, 5.41) is 3.37. The number of nitrogens with zero attached hydrogens (tertiary/aromatic N) is 1. The highest BCUT2D eigenvalue weighted by atomic mass is 16.7. The van der Waals surface area contributed by atoms with Crippen molar-refractivity contribution < 1.29 is 9.47 Å². The molecule has 1 saturated heterocycles. The minimum absolute atomic E-state index is 0.384. The van der Waals surface area contributed by atoms with E-state index in [1.165, 1.54) is 5.56 Å². The smallest absolute Gasteiger partial charge is 0.166 e. The maximum atomic E-state index is 5.52. The molecule has 1 N–H and O–H groups in total. The first-order chi connectivity index (χ1) is 7.79. The molecule has 0 bridgehead atoms. The molecule has 0 aliphatic carbocycles. The number of rotatable bonds is 5. The van der Waals surface area contributed by atoms with Crippen LogP contribution in [-0.2, 0) is 16.0 Å². The molecule has 0 amide bonds. The molecule has 0 saturated carbocycles. The lowest BCUT2D eigenvalue weighted by Crippen LogP contribution is -2.30. The lowest BCUT2D eigenvalue weighted by Gasteiger charge is -2.22. The fourth-order valence-corrected chi connectivity index (χ4v) is 1.75. The summed E-state index contributed by atoms with van der Waals surface area (Å²) in [6.45, 7) is 5.16. The average molecular weight is 222 g/mol. The Morgan fingerprint density at radius 1 is 1.31 bits per heavy atom. The zero-order valence-electron chi connectivity index (χ0n) is 9.61. The summed E-state index contributed by atoms with van der Waals surface area (Å²) in [6, 6.07) is 4.02. The van der Waals surface area contributed by atoms with E-state index in [-0.39, 0.29) is 5.79 Å². The fourth-order valence-electron chi connectivity index (χ4n) is 1.75. The normalized spacial score (nSPS) is 18.8. The SMILES string of the molecule is CC1(CCNCc2ccncc2)OCCO1. The van der Waals surface area contributed by atoms with E-state index in [2.05, 4.69) is 10.3 Å². The van der Waals surface area contributed by atoms with Crippen molar-refractivity contribution in [3.63, 3.8) is 0 Å². The Balaban J connectivity index is 1.65. The third-order valence-corrected chi connectivity index (χ3v) is 2.73. The van der Waals surface area contributed by atoms with Crippen LogP contribution in [0.3, 0.4) is 0 Å². The molecule has 1 aliphatic heterocycles. The Morgan fingerprint density at radius 3 is 2.69 bits per heavy atom. The monoisotopic (exact) mass is 222 g/mol. The largest absolute Gasteiger partial charge is 0.348 e. The zero-order valence-corrected chi connectivity index (χ0v) is 9.61. The van der Waals surface area contributed by atoms with E-state index in [0.717, 1.165) is 19.5 Å². The molecule has 1 aromatic heterocycles. The Hall–Kier alpha value is -0.970. The van der Waals surface area contributed by atoms with Gasteiger partial charge in [-0.2, -0.15) is 0 Å². The van der Waals surface area contributed by atoms with Gasteiger partial charge in [0, 0.05) is 31.9 Å². The van der Waals surface area contributed by atoms with Crippen LogP contribution >= 0.6 is 0 Å². The van der Waals surface area contributed by atoms with Gasteiger partial charge in [-0.25, -0.2) is 0 Å². The van der Waals surface area contributed by atoms with Crippen LogP contribution in [-0.4, -0.2) is 30.5 Å². The second kappa shape index (κ2) is 5.39. The van der Waals surface area contributed by atoms with Crippen molar-refractivity contribution in [1.29, 1.82) is 0 Å². The highest BCUT2D eigenvalue weighted by Gasteiger charge is 2.29. The van der Waals surface area contributed by atoms with Gasteiger partial charge in [0.2, 0.25) is 0 Å². The molecule has 2 heterocycles. The van der Waals surface area contributed by atoms with Crippen molar-refractivity contribution in [3.05, 3.63) is 30.1 Å². The van der Waals surface area contributed by atoms with Crippen LogP contribution in [0.4, 0.5) is 0 Å². The first kappa shape index (κ1) is 11.5. The van der Waals surface area contributed by atoms with Gasteiger partial charge in [-0.15, -0.1) is 0 Å². The van der Waals surface area contributed by atoms with Gasteiger partial charge in [0.1, 0.15) is 0 Å². The number of pyridine rings is 1. The molecule has 0 atom stereocenters. The third kappa shape index (κ3) is 3.27. The minimum Gasteiger partial charge on any atom is -0.348 e. The fraction of sp³-hybridized carbons (Fsp3) is 0.583. The molecule has 1 fully saturated rings. The first-order valence-corrected chi connectivity index (χ1v) is 5.66. The van der Waals surface area contributed by atoms with E-state index in [4.69, 9.17) is 9.47 Å². The maximum absolute atomic E-state index is 5.52. The second-order valence-electron chi connectivity index (χ2n) is 4.11. The van der Waals surface area contributed by atoms with Gasteiger partial charge in [-0.1, -0.05) is 0 Å². The Labute approximate surface area is 96.0 Å². The molecule has 0 aromatic carbocycles. The van der Waals surface area contributed by atoms with Gasteiger partial charge in [0.25, 0.3) is 0 Å². The number of nitrogens with one attached hydrogen (secondary N) is 1. The molecule has 0 radical (unpaired) electrons. The second-order valence-corrected chi connectivity index (χ2v) is 4.11. The number of aromatic nitrogens is 1. The molecule has 1 aromatic rings. The van der Waals surface area contributed by atoms with Gasteiger partial charge < -0.3 is 14.8 Å². The molecule has 2 rings (SSSR count). The van der Waals surface area contributed by atoms with E-state index in [9.17, 15) is 0 Å². The Morgan fingerprint density at radius 2 is 2.00 bits per heavy atom. The standard InChI is InChI=1S/C12H18N2O2/c1-12(15-8-9-16-12)4-7-14-10-11-2-5-13-6-3-11/h2-3,5-6,14H,4,7-10H2,1H3. The number of hydrogen-bond donors (Lipinski definition) is 1. The zero-order chi connectivity index (χ0) is 11.3. The van der Waals surface area contributed by atoms with E-state index in [0.29, 0.717) is 13.2 Å². The van der Waals surface area contributed by atoms with Gasteiger partial charge in [0.05, 0.1) is 13.2 Å². The molecular weight excluding hydrogens is 204 g/mol. The lowest BCUT2D eigenvalue weighted by atomic mass is 10.2. The van der Waals surface area contributed by atoms with E-state index in [1.54, 1.807) is 0 Å². The van der Waals surface area contributed by atoms with Crippen molar-refractivity contribution >= 4 is 0 Å². The van der Waals surface area contributed by atoms with Gasteiger partial charge in [-0.3, -0.25) is 4.98 Å². The molecule has 0 unspecified atom stereocenters. The van der Waals surface area contributed by atoms with Crippen molar-refractivity contribution in [3.8, 4) is 0 Å². The average Bonchev–Trinajstić information content (AvgIpc) is 2.74. The van der Waals surface area contributed by atoms with Crippen LogP contribution < -0.4 is 5.32 Å². The summed E-state index contributed by atoms with van der Waals surface area (Å²) < 4.78 is 11.0. The van der Waals surface area contributed by atoms with E-state index < -0.39 is 0 Å². The Kier molecular flexibility index (Phi) is 3.88. The quantitative estimate of drug-likeness (QED) is 0.763. The summed E-state index contributed by atoms with van der Waals surface area (Å²) in [4.78, 5) is 3.98. The van der Waals surface area contributed by atoms with Crippen molar-refractivity contribution in [1.82, 2.24) is 10.3 Å². The summed E-state index contributed by atoms with van der Waals surface area (Å²) in [6.07, 6.45) is 4.49. The van der Waals surface area contributed by atoms with Gasteiger partial charge >= 0.3 is 0 Å². The first-order valence-electron chi connectivity index (χ1n) is 5.66. The highest BCUT2D eigenvalue weighted by molar-refractivity contribution is 5.08.